The van der Waals surface area contributed by atoms with Crippen LogP contribution in [0.15, 0.2) is 12.1 Å². The SMILES string of the molecule is COc1cc(C)nc(C)c1C#N.COc1cc(Cl)nc(C)c1C#N. The fourth-order valence-corrected chi connectivity index (χ4v) is 2.22. The van der Waals surface area contributed by atoms with Crippen molar-refractivity contribution in [1.82, 2.24) is 9.97 Å². The molecule has 2 heterocycles. The van der Waals surface area contributed by atoms with Gasteiger partial charge in [0.05, 0.1) is 25.6 Å². The van der Waals surface area contributed by atoms with Crippen LogP contribution in [0.1, 0.15) is 28.2 Å². The second-order valence-corrected chi connectivity index (χ2v) is 5.14. The van der Waals surface area contributed by atoms with Crippen LogP contribution in [-0.4, -0.2) is 24.2 Å². The molecule has 0 aliphatic carbocycles. The van der Waals surface area contributed by atoms with Gasteiger partial charge in [0.15, 0.2) is 0 Å². The van der Waals surface area contributed by atoms with Crippen LogP contribution in [0.3, 0.4) is 0 Å². The zero-order valence-electron chi connectivity index (χ0n) is 14.1. The summed E-state index contributed by atoms with van der Waals surface area (Å²) in [5.74, 6) is 1.07. The van der Waals surface area contributed by atoms with E-state index in [1.54, 1.807) is 27.0 Å². The van der Waals surface area contributed by atoms with Crippen LogP contribution in [0, 0.1) is 43.4 Å². The lowest BCUT2D eigenvalue weighted by Crippen LogP contribution is -1.95. The average Bonchev–Trinajstić information content (AvgIpc) is 2.54. The maximum absolute atomic E-state index is 8.75. The van der Waals surface area contributed by atoms with E-state index >= 15 is 0 Å². The molecule has 0 fully saturated rings. The van der Waals surface area contributed by atoms with E-state index in [9.17, 15) is 0 Å². The molecule has 0 N–H and O–H groups in total. The number of nitriles is 2. The van der Waals surface area contributed by atoms with Gasteiger partial charge in [0.1, 0.15) is 39.9 Å². The van der Waals surface area contributed by atoms with Crippen molar-refractivity contribution in [3.05, 3.63) is 45.5 Å². The highest BCUT2D eigenvalue weighted by molar-refractivity contribution is 6.29. The van der Waals surface area contributed by atoms with Gasteiger partial charge in [-0.2, -0.15) is 10.5 Å². The van der Waals surface area contributed by atoms with Gasteiger partial charge < -0.3 is 9.47 Å². The minimum absolute atomic E-state index is 0.336. The third-order valence-corrected chi connectivity index (χ3v) is 3.28. The Balaban J connectivity index is 0.000000240. The van der Waals surface area contributed by atoms with Crippen molar-refractivity contribution in [1.29, 1.82) is 10.5 Å². The van der Waals surface area contributed by atoms with E-state index in [1.165, 1.54) is 13.2 Å². The fraction of sp³-hybridized carbons (Fsp3) is 0.294. The standard InChI is InChI=1S/C9H10N2O.C8H7ClN2O/c1-6-4-9(12-3)8(5-10)7(2)11-6;1-5-6(4-10)7(12-2)3-8(9)11-5/h4H,1-3H3;3H,1-2H3. The van der Waals surface area contributed by atoms with E-state index in [1.807, 2.05) is 13.0 Å². The van der Waals surface area contributed by atoms with Gasteiger partial charge in [0, 0.05) is 17.8 Å². The lowest BCUT2D eigenvalue weighted by Gasteiger charge is -2.05. The quantitative estimate of drug-likeness (QED) is 0.774. The molecule has 0 unspecified atom stereocenters. The number of hydrogen-bond donors (Lipinski definition) is 0. The summed E-state index contributed by atoms with van der Waals surface area (Å²) in [5, 5.41) is 17.8. The number of rotatable bonds is 2. The molecule has 0 spiro atoms. The summed E-state index contributed by atoms with van der Waals surface area (Å²) in [6, 6.07) is 7.33. The van der Waals surface area contributed by atoms with E-state index in [2.05, 4.69) is 16.0 Å². The maximum atomic E-state index is 8.75. The van der Waals surface area contributed by atoms with Crippen molar-refractivity contribution in [2.24, 2.45) is 0 Å². The zero-order valence-corrected chi connectivity index (χ0v) is 14.9. The molecule has 0 saturated carbocycles. The molecule has 124 valence electrons. The van der Waals surface area contributed by atoms with Gasteiger partial charge in [-0.15, -0.1) is 0 Å². The Labute approximate surface area is 146 Å². The monoisotopic (exact) mass is 344 g/mol. The third-order valence-electron chi connectivity index (χ3n) is 3.09. The zero-order chi connectivity index (χ0) is 18.3. The van der Waals surface area contributed by atoms with Crippen molar-refractivity contribution in [2.45, 2.75) is 20.8 Å². The molecule has 0 saturated heterocycles. The van der Waals surface area contributed by atoms with Crippen molar-refractivity contribution in [3.8, 4) is 23.6 Å². The number of nitrogens with zero attached hydrogens (tertiary/aromatic N) is 4. The van der Waals surface area contributed by atoms with Crippen molar-refractivity contribution >= 4 is 11.6 Å². The number of hydrogen-bond acceptors (Lipinski definition) is 6. The molecule has 2 aromatic rings. The van der Waals surface area contributed by atoms with E-state index < -0.39 is 0 Å². The predicted octanol–water partition coefficient (Wildman–Crippen LogP) is 3.50. The molecule has 0 amide bonds. The van der Waals surface area contributed by atoms with Crippen LogP contribution in [0.4, 0.5) is 0 Å². The summed E-state index contributed by atoms with van der Waals surface area (Å²) in [4.78, 5) is 8.07. The first-order valence-corrected chi connectivity index (χ1v) is 7.29. The summed E-state index contributed by atoms with van der Waals surface area (Å²) in [6.45, 7) is 5.39. The second kappa shape index (κ2) is 8.71. The first kappa shape index (κ1) is 19.2. The van der Waals surface area contributed by atoms with Crippen molar-refractivity contribution in [2.75, 3.05) is 14.2 Å². The van der Waals surface area contributed by atoms with Crippen LogP contribution in [0.5, 0.6) is 11.5 Å². The minimum atomic E-state index is 0.336. The van der Waals surface area contributed by atoms with Crippen molar-refractivity contribution < 1.29 is 9.47 Å². The third kappa shape index (κ3) is 4.58. The molecule has 6 nitrogen and oxygen atoms in total. The number of aromatic nitrogens is 2. The molecule has 7 heteroatoms. The molecular formula is C17H17ClN4O2. The van der Waals surface area contributed by atoms with E-state index in [-0.39, 0.29) is 0 Å². The fourth-order valence-electron chi connectivity index (χ4n) is 1.99. The molecule has 0 bridgehead atoms. The predicted molar refractivity (Wildman–Crippen MR) is 90.2 cm³/mol. The van der Waals surface area contributed by atoms with Gasteiger partial charge in [0.25, 0.3) is 0 Å². The molecular weight excluding hydrogens is 328 g/mol. The van der Waals surface area contributed by atoms with Gasteiger partial charge in [-0.05, 0) is 20.8 Å². The van der Waals surface area contributed by atoms with Crippen molar-refractivity contribution in [3.63, 3.8) is 0 Å². The molecule has 0 aliphatic heterocycles. The maximum Gasteiger partial charge on any atom is 0.141 e. The molecule has 2 rings (SSSR count). The van der Waals surface area contributed by atoms with Gasteiger partial charge in [0.2, 0.25) is 0 Å². The van der Waals surface area contributed by atoms with Gasteiger partial charge >= 0.3 is 0 Å². The van der Waals surface area contributed by atoms with Gasteiger partial charge in [-0.3, -0.25) is 4.98 Å². The van der Waals surface area contributed by atoms with E-state index in [0.29, 0.717) is 39.2 Å². The highest BCUT2D eigenvalue weighted by Gasteiger charge is 2.08. The second-order valence-electron chi connectivity index (χ2n) is 4.76. The molecule has 0 aliphatic rings. The number of ether oxygens (including phenoxy) is 2. The Bertz CT molecular complexity index is 753. The first-order valence-electron chi connectivity index (χ1n) is 6.91. The largest absolute Gasteiger partial charge is 0.495 e. The van der Waals surface area contributed by atoms with E-state index in [4.69, 9.17) is 31.6 Å². The average molecular weight is 345 g/mol. The summed E-state index contributed by atoms with van der Waals surface area (Å²) >= 11 is 5.66. The summed E-state index contributed by atoms with van der Waals surface area (Å²) in [6.07, 6.45) is 0. The van der Waals surface area contributed by atoms with Crippen LogP contribution >= 0.6 is 11.6 Å². The molecule has 0 atom stereocenters. The number of halogens is 1. The Morgan fingerprint density at radius 2 is 1.33 bits per heavy atom. The van der Waals surface area contributed by atoms with Crippen LogP contribution in [-0.2, 0) is 0 Å². The lowest BCUT2D eigenvalue weighted by molar-refractivity contribution is 0.412. The Morgan fingerprint density at radius 1 is 0.875 bits per heavy atom. The number of aryl methyl sites for hydroxylation is 3. The minimum Gasteiger partial charge on any atom is -0.495 e. The lowest BCUT2D eigenvalue weighted by atomic mass is 10.2. The molecule has 24 heavy (non-hydrogen) atoms. The van der Waals surface area contributed by atoms with Crippen LogP contribution in [0.25, 0.3) is 0 Å². The molecule has 2 aromatic heterocycles. The van der Waals surface area contributed by atoms with Crippen LogP contribution < -0.4 is 9.47 Å². The van der Waals surface area contributed by atoms with Gasteiger partial charge in [-0.1, -0.05) is 11.6 Å². The highest BCUT2D eigenvalue weighted by atomic mass is 35.5. The number of pyridine rings is 2. The Hall–Kier alpha value is -2.83. The summed E-state index contributed by atoms with van der Waals surface area (Å²) in [7, 11) is 3.04. The van der Waals surface area contributed by atoms with Crippen LogP contribution in [0.2, 0.25) is 5.15 Å². The molecule has 0 aromatic carbocycles. The summed E-state index contributed by atoms with van der Waals surface area (Å²) < 4.78 is 9.99. The smallest absolute Gasteiger partial charge is 0.141 e. The summed E-state index contributed by atoms with van der Waals surface area (Å²) in [5.41, 5.74) is 3.12. The van der Waals surface area contributed by atoms with E-state index in [0.717, 1.165) is 5.69 Å². The Kier molecular flexibility index (Phi) is 6.98. The first-order chi connectivity index (χ1) is 11.4. The normalized spacial score (nSPS) is 9.17. The topological polar surface area (TPSA) is 91.8 Å². The highest BCUT2D eigenvalue weighted by Crippen LogP contribution is 2.23. The molecule has 0 radical (unpaired) electrons. The Morgan fingerprint density at radius 3 is 1.79 bits per heavy atom. The number of methoxy groups -OCH3 is 2. The van der Waals surface area contributed by atoms with Gasteiger partial charge in [-0.25, -0.2) is 4.98 Å².